The van der Waals surface area contributed by atoms with Crippen molar-refractivity contribution in [1.29, 1.82) is 0 Å². The predicted octanol–water partition coefficient (Wildman–Crippen LogP) is 1.82. The third-order valence-corrected chi connectivity index (χ3v) is 5.91. The molecule has 3 rings (SSSR count). The van der Waals surface area contributed by atoms with E-state index in [2.05, 4.69) is 10.6 Å². The van der Waals surface area contributed by atoms with Gasteiger partial charge in [-0.3, -0.25) is 4.79 Å². The third-order valence-electron chi connectivity index (χ3n) is 5.91. The lowest BCUT2D eigenvalue weighted by Crippen LogP contribution is -2.41. The average molecular weight is 294 g/mol. The van der Waals surface area contributed by atoms with Crippen LogP contribution in [0.15, 0.2) is 0 Å². The highest BCUT2D eigenvalue weighted by Gasteiger charge is 2.34. The fraction of sp³-hybridized carbons (Fsp3) is 0.941. The minimum atomic E-state index is 0.226. The molecule has 0 aromatic rings. The SMILES string of the molecule is O=C(CC1CC2CCC(C1)N2)NCC1CCCCC1CO. The standard InChI is InChI=1S/C17H30N2O2/c20-11-14-4-2-1-3-13(14)10-18-17(21)9-12-7-15-5-6-16(8-12)19-15/h12-16,19-20H,1-11H2,(H,18,21). The largest absolute Gasteiger partial charge is 0.396 e. The maximum Gasteiger partial charge on any atom is 0.220 e. The van der Waals surface area contributed by atoms with E-state index in [0.717, 1.165) is 19.4 Å². The van der Waals surface area contributed by atoms with Crippen LogP contribution in [0.1, 0.15) is 57.8 Å². The first-order chi connectivity index (χ1) is 10.2. The lowest BCUT2D eigenvalue weighted by Gasteiger charge is -2.31. The third kappa shape index (κ3) is 3.98. The molecule has 2 heterocycles. The Hall–Kier alpha value is -0.610. The number of hydrogen-bond donors (Lipinski definition) is 3. The number of carbonyl (C=O) groups excluding carboxylic acids is 1. The molecule has 3 N–H and O–H groups in total. The minimum Gasteiger partial charge on any atom is -0.396 e. The number of fused-ring (bicyclic) bond motifs is 2. The normalized spacial score (nSPS) is 39.2. The molecule has 1 saturated carbocycles. The fourth-order valence-corrected chi connectivity index (χ4v) is 4.71. The molecular formula is C17H30N2O2. The molecule has 2 bridgehead atoms. The molecule has 0 radical (unpaired) electrons. The summed E-state index contributed by atoms with van der Waals surface area (Å²) in [7, 11) is 0. The maximum atomic E-state index is 12.2. The van der Waals surface area contributed by atoms with Crippen LogP contribution in [0.3, 0.4) is 0 Å². The maximum absolute atomic E-state index is 12.2. The van der Waals surface area contributed by atoms with E-state index in [0.29, 0.717) is 36.3 Å². The van der Waals surface area contributed by atoms with Crippen molar-refractivity contribution in [2.24, 2.45) is 17.8 Å². The van der Waals surface area contributed by atoms with E-state index >= 15 is 0 Å². The summed E-state index contributed by atoms with van der Waals surface area (Å²) in [6, 6.07) is 1.33. The summed E-state index contributed by atoms with van der Waals surface area (Å²) in [6.45, 7) is 1.04. The number of hydrogen-bond acceptors (Lipinski definition) is 3. The van der Waals surface area contributed by atoms with Gasteiger partial charge in [0.15, 0.2) is 0 Å². The Kier molecular flexibility index (Phi) is 5.17. The molecule has 1 aliphatic carbocycles. The van der Waals surface area contributed by atoms with Crippen molar-refractivity contribution >= 4 is 5.91 Å². The quantitative estimate of drug-likeness (QED) is 0.725. The highest BCUT2D eigenvalue weighted by molar-refractivity contribution is 5.76. The first kappa shape index (κ1) is 15.3. The van der Waals surface area contributed by atoms with Crippen LogP contribution in [0.2, 0.25) is 0 Å². The van der Waals surface area contributed by atoms with Crippen LogP contribution < -0.4 is 10.6 Å². The summed E-state index contributed by atoms with van der Waals surface area (Å²) >= 11 is 0. The van der Waals surface area contributed by atoms with Crippen LogP contribution in [0, 0.1) is 17.8 Å². The molecule has 120 valence electrons. The number of aliphatic hydroxyl groups is 1. The number of carbonyl (C=O) groups is 1. The monoisotopic (exact) mass is 294 g/mol. The molecule has 21 heavy (non-hydrogen) atoms. The summed E-state index contributed by atoms with van der Waals surface area (Å²) in [5, 5.41) is 16.2. The fourth-order valence-electron chi connectivity index (χ4n) is 4.71. The van der Waals surface area contributed by atoms with Crippen LogP contribution in [-0.4, -0.2) is 36.2 Å². The number of nitrogens with one attached hydrogen (secondary N) is 2. The van der Waals surface area contributed by atoms with Crippen LogP contribution in [0.4, 0.5) is 0 Å². The second-order valence-corrected chi connectivity index (χ2v) is 7.47. The van der Waals surface area contributed by atoms with Crippen LogP contribution in [0.25, 0.3) is 0 Å². The predicted molar refractivity (Wildman–Crippen MR) is 82.8 cm³/mol. The van der Waals surface area contributed by atoms with Gasteiger partial charge in [-0.2, -0.15) is 0 Å². The zero-order valence-corrected chi connectivity index (χ0v) is 13.0. The van der Waals surface area contributed by atoms with Gasteiger partial charge >= 0.3 is 0 Å². The zero-order valence-electron chi connectivity index (χ0n) is 13.0. The molecule has 4 unspecified atom stereocenters. The summed E-state index contributed by atoms with van der Waals surface area (Å²) in [6.07, 6.45) is 10.4. The Morgan fingerprint density at radius 2 is 1.71 bits per heavy atom. The molecule has 3 aliphatic rings. The summed E-state index contributed by atoms with van der Waals surface area (Å²) in [5.41, 5.74) is 0. The summed E-state index contributed by atoms with van der Waals surface area (Å²) in [4.78, 5) is 12.2. The number of aliphatic hydroxyl groups excluding tert-OH is 1. The lowest BCUT2D eigenvalue weighted by molar-refractivity contribution is -0.122. The van der Waals surface area contributed by atoms with E-state index in [1.165, 1.54) is 38.5 Å². The molecular weight excluding hydrogens is 264 g/mol. The van der Waals surface area contributed by atoms with E-state index in [1.807, 2.05) is 0 Å². The molecule has 0 aromatic carbocycles. The highest BCUT2D eigenvalue weighted by atomic mass is 16.3. The average Bonchev–Trinajstić information content (AvgIpc) is 2.84. The number of amides is 1. The van der Waals surface area contributed by atoms with Gasteiger partial charge in [0.1, 0.15) is 0 Å². The second kappa shape index (κ2) is 7.10. The van der Waals surface area contributed by atoms with Crippen molar-refractivity contribution in [1.82, 2.24) is 10.6 Å². The van der Waals surface area contributed by atoms with Gasteiger partial charge in [0.2, 0.25) is 5.91 Å². The van der Waals surface area contributed by atoms with Gasteiger partial charge in [0.05, 0.1) is 0 Å². The lowest BCUT2D eigenvalue weighted by atomic mass is 9.79. The van der Waals surface area contributed by atoms with E-state index in [-0.39, 0.29) is 12.5 Å². The summed E-state index contributed by atoms with van der Waals surface area (Å²) in [5.74, 6) is 1.68. The smallest absolute Gasteiger partial charge is 0.220 e. The minimum absolute atomic E-state index is 0.226. The van der Waals surface area contributed by atoms with Crippen molar-refractivity contribution < 1.29 is 9.90 Å². The van der Waals surface area contributed by atoms with Crippen molar-refractivity contribution in [3.63, 3.8) is 0 Å². The van der Waals surface area contributed by atoms with Crippen LogP contribution in [-0.2, 0) is 4.79 Å². The Morgan fingerprint density at radius 1 is 1.05 bits per heavy atom. The molecule has 0 spiro atoms. The summed E-state index contributed by atoms with van der Waals surface area (Å²) < 4.78 is 0. The van der Waals surface area contributed by atoms with Crippen LogP contribution in [0.5, 0.6) is 0 Å². The van der Waals surface area contributed by atoms with Crippen molar-refractivity contribution in [3.05, 3.63) is 0 Å². The van der Waals surface area contributed by atoms with Crippen molar-refractivity contribution in [2.45, 2.75) is 69.9 Å². The molecule has 4 atom stereocenters. The van der Waals surface area contributed by atoms with Gasteiger partial charge in [-0.25, -0.2) is 0 Å². The Bertz CT molecular complexity index is 349. The molecule has 0 aromatic heterocycles. The highest BCUT2D eigenvalue weighted by Crippen LogP contribution is 2.33. The van der Waals surface area contributed by atoms with E-state index < -0.39 is 0 Å². The molecule has 3 fully saturated rings. The molecule has 2 aliphatic heterocycles. The molecule has 2 saturated heterocycles. The number of rotatable bonds is 5. The van der Waals surface area contributed by atoms with Crippen molar-refractivity contribution in [3.8, 4) is 0 Å². The Labute approximate surface area is 128 Å². The van der Waals surface area contributed by atoms with Gasteiger partial charge in [0.25, 0.3) is 0 Å². The van der Waals surface area contributed by atoms with E-state index in [9.17, 15) is 9.90 Å². The molecule has 4 nitrogen and oxygen atoms in total. The van der Waals surface area contributed by atoms with E-state index in [1.54, 1.807) is 0 Å². The van der Waals surface area contributed by atoms with Gasteiger partial charge in [-0.05, 0) is 56.3 Å². The van der Waals surface area contributed by atoms with Gasteiger partial charge in [-0.15, -0.1) is 0 Å². The molecule has 4 heteroatoms. The number of piperidine rings is 1. The van der Waals surface area contributed by atoms with E-state index in [4.69, 9.17) is 0 Å². The first-order valence-corrected chi connectivity index (χ1v) is 8.88. The van der Waals surface area contributed by atoms with Gasteiger partial charge < -0.3 is 15.7 Å². The van der Waals surface area contributed by atoms with Gasteiger partial charge in [0, 0.05) is 31.7 Å². The van der Waals surface area contributed by atoms with Crippen LogP contribution >= 0.6 is 0 Å². The Balaban J connectivity index is 1.40. The van der Waals surface area contributed by atoms with Crippen molar-refractivity contribution in [2.75, 3.05) is 13.2 Å². The Morgan fingerprint density at radius 3 is 2.38 bits per heavy atom. The van der Waals surface area contributed by atoms with Gasteiger partial charge in [-0.1, -0.05) is 12.8 Å². The second-order valence-electron chi connectivity index (χ2n) is 7.47. The first-order valence-electron chi connectivity index (χ1n) is 8.88. The topological polar surface area (TPSA) is 61.4 Å². The zero-order chi connectivity index (χ0) is 14.7. The molecule has 1 amide bonds.